The van der Waals surface area contributed by atoms with Crippen molar-refractivity contribution in [2.24, 2.45) is 0 Å². The van der Waals surface area contributed by atoms with Gasteiger partial charge in [-0.1, -0.05) is 55.5 Å². The van der Waals surface area contributed by atoms with Gasteiger partial charge in [0, 0.05) is 29.3 Å². The molecule has 0 N–H and O–H groups in total. The van der Waals surface area contributed by atoms with Gasteiger partial charge in [0.15, 0.2) is 0 Å². The fourth-order valence-corrected chi connectivity index (χ4v) is 4.64. The van der Waals surface area contributed by atoms with Gasteiger partial charge < -0.3 is 9.64 Å². The third-order valence-electron chi connectivity index (χ3n) is 6.25. The van der Waals surface area contributed by atoms with E-state index in [0.29, 0.717) is 0 Å². The van der Waals surface area contributed by atoms with E-state index in [-0.39, 0.29) is 36.4 Å². The number of amides is 1. The summed E-state index contributed by atoms with van der Waals surface area (Å²) in [7, 11) is 2.09. The van der Waals surface area contributed by atoms with Crippen LogP contribution in [0.5, 0.6) is 0 Å². The highest BCUT2D eigenvalue weighted by atomic mass is 16.5. The van der Waals surface area contributed by atoms with Gasteiger partial charge in [0.05, 0.1) is 0 Å². The molecule has 0 spiro atoms. The van der Waals surface area contributed by atoms with Crippen LogP contribution in [0.15, 0.2) is 48.5 Å². The predicted molar refractivity (Wildman–Crippen MR) is 122 cm³/mol. The van der Waals surface area contributed by atoms with Crippen molar-refractivity contribution in [3.63, 3.8) is 0 Å². The van der Waals surface area contributed by atoms with E-state index in [0.717, 1.165) is 23.1 Å². The number of carbonyl (C=O) groups is 1. The van der Waals surface area contributed by atoms with Crippen LogP contribution in [0.4, 0.5) is 0 Å². The minimum atomic E-state index is -0.253. The number of aryl methyl sites for hydroxylation is 1. The quantitative estimate of drug-likeness (QED) is 0.624. The standard InChI is InChI=1S/C26H36N2O2/c1-8-20-15-12-16-22(23(20)25(29)28(17(2)3)18(4)5)26-27(7)19(6)24(30-26)21-13-10-9-11-14-21/h9-19,24,26H,8H2,1-7H3/t19-,24-,26-/m0/s1. The topological polar surface area (TPSA) is 32.8 Å². The van der Waals surface area contributed by atoms with Gasteiger partial charge in [0.1, 0.15) is 12.3 Å². The minimum absolute atomic E-state index is 0.0271. The summed E-state index contributed by atoms with van der Waals surface area (Å²) in [6, 6.07) is 17.0. The Labute approximate surface area is 181 Å². The van der Waals surface area contributed by atoms with Crippen LogP contribution in [-0.4, -0.2) is 40.9 Å². The van der Waals surface area contributed by atoms with E-state index in [9.17, 15) is 4.79 Å². The van der Waals surface area contributed by atoms with Gasteiger partial charge in [0.25, 0.3) is 5.91 Å². The summed E-state index contributed by atoms with van der Waals surface area (Å²) < 4.78 is 6.60. The maximum absolute atomic E-state index is 13.8. The Hall–Kier alpha value is -2.17. The number of hydrogen-bond donors (Lipinski definition) is 0. The maximum atomic E-state index is 13.8. The molecule has 0 saturated carbocycles. The van der Waals surface area contributed by atoms with Crippen LogP contribution in [0.2, 0.25) is 0 Å². The molecule has 2 aromatic rings. The zero-order valence-electron chi connectivity index (χ0n) is 19.4. The highest BCUT2D eigenvalue weighted by Gasteiger charge is 2.41. The number of carbonyl (C=O) groups excluding carboxylic acids is 1. The van der Waals surface area contributed by atoms with Gasteiger partial charge >= 0.3 is 0 Å². The molecular weight excluding hydrogens is 372 g/mol. The van der Waals surface area contributed by atoms with E-state index in [4.69, 9.17) is 4.74 Å². The second-order valence-electron chi connectivity index (χ2n) is 8.86. The average molecular weight is 409 g/mol. The lowest BCUT2D eigenvalue weighted by molar-refractivity contribution is 0.00449. The number of nitrogens with zero attached hydrogens (tertiary/aromatic N) is 2. The molecule has 1 heterocycles. The van der Waals surface area contributed by atoms with Crippen LogP contribution >= 0.6 is 0 Å². The molecule has 3 rings (SSSR count). The van der Waals surface area contributed by atoms with Gasteiger partial charge in [-0.3, -0.25) is 9.69 Å². The lowest BCUT2D eigenvalue weighted by Gasteiger charge is -2.33. The van der Waals surface area contributed by atoms with Crippen LogP contribution < -0.4 is 0 Å². The monoisotopic (exact) mass is 408 g/mol. The van der Waals surface area contributed by atoms with Crippen molar-refractivity contribution in [1.29, 1.82) is 0 Å². The van der Waals surface area contributed by atoms with Gasteiger partial charge in [-0.2, -0.15) is 0 Å². The molecule has 0 aromatic heterocycles. The molecule has 0 bridgehead atoms. The van der Waals surface area contributed by atoms with Gasteiger partial charge in [0.2, 0.25) is 0 Å². The summed E-state index contributed by atoms with van der Waals surface area (Å²) in [6.45, 7) is 12.6. The van der Waals surface area contributed by atoms with Crippen molar-refractivity contribution in [3.05, 3.63) is 70.8 Å². The highest BCUT2D eigenvalue weighted by Crippen LogP contribution is 2.42. The Morgan fingerprint density at radius 2 is 1.67 bits per heavy atom. The number of rotatable bonds is 6. The molecule has 1 amide bonds. The van der Waals surface area contributed by atoms with Crippen LogP contribution in [0.25, 0.3) is 0 Å². The first-order valence-corrected chi connectivity index (χ1v) is 11.1. The maximum Gasteiger partial charge on any atom is 0.255 e. The largest absolute Gasteiger partial charge is 0.349 e. The molecular formula is C26H36N2O2. The molecule has 162 valence electrons. The zero-order chi connectivity index (χ0) is 22.0. The van der Waals surface area contributed by atoms with Crippen LogP contribution in [0.1, 0.15) is 80.9 Å². The molecule has 4 nitrogen and oxygen atoms in total. The van der Waals surface area contributed by atoms with Crippen molar-refractivity contribution < 1.29 is 9.53 Å². The first-order valence-electron chi connectivity index (χ1n) is 11.1. The first-order chi connectivity index (χ1) is 14.3. The lowest BCUT2D eigenvalue weighted by Crippen LogP contribution is -2.43. The molecule has 1 aliphatic rings. The normalized spacial score (nSPS) is 22.1. The van der Waals surface area contributed by atoms with Crippen LogP contribution in [0.3, 0.4) is 0 Å². The van der Waals surface area contributed by atoms with E-state index in [1.165, 1.54) is 5.56 Å². The average Bonchev–Trinajstić information content (AvgIpc) is 3.02. The predicted octanol–water partition coefficient (Wildman–Crippen LogP) is 5.60. The highest BCUT2D eigenvalue weighted by molar-refractivity contribution is 5.97. The summed E-state index contributed by atoms with van der Waals surface area (Å²) in [5.41, 5.74) is 4.03. The van der Waals surface area contributed by atoms with E-state index in [1.807, 2.05) is 11.0 Å². The molecule has 30 heavy (non-hydrogen) atoms. The SMILES string of the molecule is CCc1cccc([C@@H]2O[C@H](c3ccccc3)[C@H](C)N2C)c1C(=O)N(C(C)C)C(C)C. The molecule has 1 saturated heterocycles. The van der Waals surface area contributed by atoms with Crippen LogP contribution in [0, 0.1) is 0 Å². The second kappa shape index (κ2) is 9.32. The summed E-state index contributed by atoms with van der Waals surface area (Å²) >= 11 is 0. The summed E-state index contributed by atoms with van der Waals surface area (Å²) in [6.07, 6.45) is 0.533. The Morgan fingerprint density at radius 1 is 1.03 bits per heavy atom. The lowest BCUT2D eigenvalue weighted by atomic mass is 9.95. The molecule has 3 atom stereocenters. The Bertz CT molecular complexity index is 855. The Morgan fingerprint density at radius 3 is 2.23 bits per heavy atom. The molecule has 0 aliphatic carbocycles. The third-order valence-corrected chi connectivity index (χ3v) is 6.25. The van der Waals surface area contributed by atoms with Gasteiger partial charge in [-0.15, -0.1) is 0 Å². The number of likely N-dealkylation sites (N-methyl/N-ethyl adjacent to an activating group) is 1. The van der Waals surface area contributed by atoms with E-state index >= 15 is 0 Å². The van der Waals surface area contributed by atoms with Crippen LogP contribution in [-0.2, 0) is 11.2 Å². The van der Waals surface area contributed by atoms with Gasteiger partial charge in [-0.05, 0) is 59.2 Å². The Balaban J connectivity index is 2.05. The molecule has 1 fully saturated rings. The Kier molecular flexibility index (Phi) is 6.99. The van der Waals surface area contributed by atoms with E-state index in [2.05, 4.69) is 96.0 Å². The van der Waals surface area contributed by atoms with Crippen molar-refractivity contribution in [2.45, 2.75) is 78.4 Å². The number of benzene rings is 2. The molecule has 0 unspecified atom stereocenters. The summed E-state index contributed by atoms with van der Waals surface area (Å²) in [5.74, 6) is 0.0975. The molecule has 2 aromatic carbocycles. The van der Waals surface area contributed by atoms with Crippen molar-refractivity contribution in [2.75, 3.05) is 7.05 Å². The third kappa shape index (κ3) is 4.17. The number of hydrogen-bond acceptors (Lipinski definition) is 3. The molecule has 4 heteroatoms. The van der Waals surface area contributed by atoms with Crippen molar-refractivity contribution in [3.8, 4) is 0 Å². The molecule has 0 radical (unpaired) electrons. The summed E-state index contributed by atoms with van der Waals surface area (Å²) in [4.78, 5) is 18.0. The van der Waals surface area contributed by atoms with Gasteiger partial charge in [-0.25, -0.2) is 0 Å². The summed E-state index contributed by atoms with van der Waals surface area (Å²) in [5, 5.41) is 0. The van der Waals surface area contributed by atoms with Crippen molar-refractivity contribution in [1.82, 2.24) is 9.80 Å². The second-order valence-corrected chi connectivity index (χ2v) is 8.86. The fourth-order valence-electron chi connectivity index (χ4n) is 4.64. The molecule has 1 aliphatic heterocycles. The van der Waals surface area contributed by atoms with E-state index < -0.39 is 0 Å². The fraction of sp³-hybridized carbons (Fsp3) is 0.500. The number of ether oxygens (including phenoxy) is 1. The zero-order valence-corrected chi connectivity index (χ0v) is 19.4. The van der Waals surface area contributed by atoms with E-state index in [1.54, 1.807) is 0 Å². The minimum Gasteiger partial charge on any atom is -0.349 e. The first kappa shape index (κ1) is 22.5. The van der Waals surface area contributed by atoms with Crippen molar-refractivity contribution >= 4 is 5.91 Å². The smallest absolute Gasteiger partial charge is 0.255 e.